The van der Waals surface area contributed by atoms with Gasteiger partial charge in [-0.3, -0.25) is 4.79 Å². The van der Waals surface area contributed by atoms with Gasteiger partial charge in [0.15, 0.2) is 0 Å². The zero-order valence-corrected chi connectivity index (χ0v) is 9.39. The molecule has 1 amide bonds. The smallest absolute Gasteiger partial charge is 0.207 e. The number of carbonyl (C=O) groups excluding carboxylic acids is 1. The summed E-state index contributed by atoms with van der Waals surface area (Å²) < 4.78 is 0. The van der Waals surface area contributed by atoms with Crippen LogP contribution >= 0.6 is 0 Å². The fourth-order valence-electron chi connectivity index (χ4n) is 0.893. The number of rotatable bonds is 2. The van der Waals surface area contributed by atoms with Crippen molar-refractivity contribution in [1.82, 2.24) is 10.6 Å². The summed E-state index contributed by atoms with van der Waals surface area (Å²) in [5, 5.41) is 5.84. The Bertz CT molecular complexity index is 90.9. The van der Waals surface area contributed by atoms with Crippen LogP contribution in [0, 0.1) is 0 Å². The van der Waals surface area contributed by atoms with Gasteiger partial charge in [-0.25, -0.2) is 0 Å². The predicted octanol–water partition coefficient (Wildman–Crippen LogP) is 1.54. The normalized spacial score (nSPS) is 18.9. The van der Waals surface area contributed by atoms with Crippen molar-refractivity contribution in [1.29, 1.82) is 0 Å². The second-order valence-corrected chi connectivity index (χ2v) is 2.68. The van der Waals surface area contributed by atoms with Crippen LogP contribution < -0.4 is 10.6 Å². The minimum Gasteiger partial charge on any atom is -0.355 e. The first kappa shape index (κ1) is 14.9. The Morgan fingerprint density at radius 2 is 2.00 bits per heavy atom. The third kappa shape index (κ3) is 11.4. The highest BCUT2D eigenvalue weighted by molar-refractivity contribution is 5.46. The minimum atomic E-state index is 0.382. The van der Waals surface area contributed by atoms with Crippen molar-refractivity contribution < 1.29 is 4.79 Å². The Labute approximate surface area is 82.3 Å². The van der Waals surface area contributed by atoms with Crippen LogP contribution in [0.2, 0.25) is 0 Å². The molecule has 0 aromatic heterocycles. The van der Waals surface area contributed by atoms with Crippen LogP contribution in [0.4, 0.5) is 0 Å². The van der Waals surface area contributed by atoms with E-state index in [9.17, 15) is 4.79 Å². The van der Waals surface area contributed by atoms with E-state index in [1.165, 1.54) is 6.42 Å². The first-order valence-electron chi connectivity index (χ1n) is 5.25. The van der Waals surface area contributed by atoms with Gasteiger partial charge in [-0.2, -0.15) is 0 Å². The van der Waals surface area contributed by atoms with Gasteiger partial charge in [0.05, 0.1) is 0 Å². The molecule has 0 saturated carbocycles. The highest BCUT2D eigenvalue weighted by Crippen LogP contribution is 1.93. The summed E-state index contributed by atoms with van der Waals surface area (Å²) in [5.74, 6) is 0. The van der Waals surface area contributed by atoms with Gasteiger partial charge in [0.2, 0.25) is 6.41 Å². The zero-order chi connectivity index (χ0) is 10.5. The molecule has 1 rings (SSSR count). The molecule has 0 aliphatic carbocycles. The Morgan fingerprint density at radius 3 is 2.31 bits per heavy atom. The number of hydrogen-bond donors (Lipinski definition) is 2. The van der Waals surface area contributed by atoms with E-state index in [0.29, 0.717) is 6.04 Å². The Morgan fingerprint density at radius 1 is 1.46 bits per heavy atom. The molecule has 1 fully saturated rings. The van der Waals surface area contributed by atoms with Crippen molar-refractivity contribution in [3.05, 3.63) is 0 Å². The maximum absolute atomic E-state index is 9.82. The lowest BCUT2D eigenvalue weighted by Crippen LogP contribution is -2.29. The van der Waals surface area contributed by atoms with Gasteiger partial charge in [0.25, 0.3) is 0 Å². The standard InChI is InChI=1S/C5H10N2O.C3H8.C2H6/c8-4-7-5-1-2-6-3-5;1-3-2;1-2/h4-6H,1-3H2,(H,7,8);3H2,1-2H3;1-2H3. The molecule has 1 aliphatic rings. The van der Waals surface area contributed by atoms with E-state index in [0.717, 1.165) is 25.9 Å². The zero-order valence-electron chi connectivity index (χ0n) is 9.39. The lowest BCUT2D eigenvalue weighted by atomic mass is 10.3. The van der Waals surface area contributed by atoms with Crippen molar-refractivity contribution in [3.8, 4) is 0 Å². The van der Waals surface area contributed by atoms with Crippen LogP contribution in [0.3, 0.4) is 0 Å². The summed E-state index contributed by atoms with van der Waals surface area (Å²) in [5.41, 5.74) is 0. The van der Waals surface area contributed by atoms with Gasteiger partial charge in [-0.1, -0.05) is 34.1 Å². The molecule has 1 atom stereocenters. The number of nitrogens with one attached hydrogen (secondary N) is 2. The molecule has 0 aromatic carbocycles. The van der Waals surface area contributed by atoms with Crippen LogP contribution in [0.5, 0.6) is 0 Å². The summed E-state index contributed by atoms with van der Waals surface area (Å²) in [7, 11) is 0. The predicted molar refractivity (Wildman–Crippen MR) is 57.8 cm³/mol. The fourth-order valence-corrected chi connectivity index (χ4v) is 0.893. The average Bonchev–Trinajstić information content (AvgIpc) is 2.63. The van der Waals surface area contributed by atoms with Crippen LogP contribution in [-0.2, 0) is 4.79 Å². The monoisotopic (exact) mass is 188 g/mol. The van der Waals surface area contributed by atoms with Crippen LogP contribution in [0.15, 0.2) is 0 Å². The van der Waals surface area contributed by atoms with E-state index >= 15 is 0 Å². The molecule has 1 aliphatic heterocycles. The molecule has 3 heteroatoms. The van der Waals surface area contributed by atoms with E-state index in [2.05, 4.69) is 24.5 Å². The molecule has 0 bridgehead atoms. The molecule has 0 aromatic rings. The first-order valence-corrected chi connectivity index (χ1v) is 5.25. The highest BCUT2D eigenvalue weighted by Gasteiger charge is 2.11. The molecule has 1 heterocycles. The molecule has 1 saturated heterocycles. The number of hydrogen-bond acceptors (Lipinski definition) is 2. The van der Waals surface area contributed by atoms with Crippen molar-refractivity contribution >= 4 is 6.41 Å². The molecule has 0 radical (unpaired) electrons. The van der Waals surface area contributed by atoms with Crippen molar-refractivity contribution in [2.45, 2.75) is 46.6 Å². The van der Waals surface area contributed by atoms with E-state index in [4.69, 9.17) is 0 Å². The summed E-state index contributed by atoms with van der Waals surface area (Å²) in [6, 6.07) is 0.382. The Balaban J connectivity index is 0. The summed E-state index contributed by atoms with van der Waals surface area (Å²) in [6.07, 6.45) is 3.08. The minimum absolute atomic E-state index is 0.382. The lowest BCUT2D eigenvalue weighted by Gasteiger charge is -2.02. The topological polar surface area (TPSA) is 41.1 Å². The largest absolute Gasteiger partial charge is 0.355 e. The number of carbonyl (C=O) groups is 1. The molecule has 2 N–H and O–H groups in total. The molecule has 3 nitrogen and oxygen atoms in total. The summed E-state index contributed by atoms with van der Waals surface area (Å²) in [4.78, 5) is 9.82. The van der Waals surface area contributed by atoms with E-state index in [1.54, 1.807) is 0 Å². The van der Waals surface area contributed by atoms with Crippen molar-refractivity contribution in [3.63, 3.8) is 0 Å². The molecule has 1 unspecified atom stereocenters. The summed E-state index contributed by atoms with van der Waals surface area (Å²) in [6.45, 7) is 10.2. The molecular formula is C10H24N2O. The number of amides is 1. The van der Waals surface area contributed by atoms with E-state index in [-0.39, 0.29) is 0 Å². The van der Waals surface area contributed by atoms with Crippen molar-refractivity contribution in [2.24, 2.45) is 0 Å². The van der Waals surface area contributed by atoms with Gasteiger partial charge in [0, 0.05) is 12.6 Å². The van der Waals surface area contributed by atoms with E-state index < -0.39 is 0 Å². The summed E-state index contributed by atoms with van der Waals surface area (Å²) >= 11 is 0. The lowest BCUT2D eigenvalue weighted by molar-refractivity contribution is -0.110. The highest BCUT2D eigenvalue weighted by atomic mass is 16.1. The third-order valence-corrected chi connectivity index (χ3v) is 1.36. The average molecular weight is 188 g/mol. The van der Waals surface area contributed by atoms with Gasteiger partial charge >= 0.3 is 0 Å². The van der Waals surface area contributed by atoms with Gasteiger partial charge in [-0.15, -0.1) is 0 Å². The second-order valence-electron chi connectivity index (χ2n) is 2.68. The van der Waals surface area contributed by atoms with Gasteiger partial charge in [0.1, 0.15) is 0 Å². The van der Waals surface area contributed by atoms with Crippen LogP contribution in [-0.4, -0.2) is 25.5 Å². The Kier molecular flexibility index (Phi) is 16.1. The molecular weight excluding hydrogens is 164 g/mol. The molecule has 13 heavy (non-hydrogen) atoms. The SMILES string of the molecule is CC.CCC.O=CNC1CCNC1. The maximum atomic E-state index is 9.82. The van der Waals surface area contributed by atoms with Crippen molar-refractivity contribution in [2.75, 3.05) is 13.1 Å². The van der Waals surface area contributed by atoms with Crippen LogP contribution in [0.1, 0.15) is 40.5 Å². The Hall–Kier alpha value is -0.570. The second kappa shape index (κ2) is 14.0. The molecule has 80 valence electrons. The maximum Gasteiger partial charge on any atom is 0.207 e. The van der Waals surface area contributed by atoms with Crippen LogP contribution in [0.25, 0.3) is 0 Å². The quantitative estimate of drug-likeness (QED) is 0.645. The van der Waals surface area contributed by atoms with Gasteiger partial charge in [-0.05, 0) is 13.0 Å². The van der Waals surface area contributed by atoms with E-state index in [1.807, 2.05) is 13.8 Å². The third-order valence-electron chi connectivity index (χ3n) is 1.36. The first-order chi connectivity index (χ1) is 6.35. The fraction of sp³-hybridized carbons (Fsp3) is 0.900. The van der Waals surface area contributed by atoms with Gasteiger partial charge < -0.3 is 10.6 Å². The molecule has 0 spiro atoms.